The fraction of sp³-hybridized carbons (Fsp3) is 0.391. The van der Waals surface area contributed by atoms with E-state index in [-0.39, 0.29) is 32.7 Å². The van der Waals surface area contributed by atoms with Crippen LogP contribution in [0.5, 0.6) is 5.75 Å². The molecule has 2 aromatic carbocycles. The number of hydrogen-bond acceptors (Lipinski definition) is 6. The Morgan fingerprint density at radius 3 is 2.73 bits per heavy atom. The number of ether oxygens (including phenoxy) is 2. The van der Waals surface area contributed by atoms with Crippen molar-refractivity contribution < 1.29 is 23.8 Å². The van der Waals surface area contributed by atoms with E-state index in [4.69, 9.17) is 20.1 Å². The maximum Gasteiger partial charge on any atom is 0.252 e. The minimum Gasteiger partial charge on any atom is -0.494 e. The highest BCUT2D eigenvalue weighted by Gasteiger charge is 2.44. The number of halogens is 1. The van der Waals surface area contributed by atoms with Gasteiger partial charge < -0.3 is 19.9 Å². The molecule has 1 heterocycles. The van der Waals surface area contributed by atoms with E-state index in [1.165, 1.54) is 0 Å². The van der Waals surface area contributed by atoms with Crippen LogP contribution in [0.2, 0.25) is 0 Å². The molecular weight excluding hydrogens is 429 g/mol. The van der Waals surface area contributed by atoms with Gasteiger partial charge in [0.2, 0.25) is 5.90 Å². The Hall–Kier alpha value is -3.62. The molecule has 0 aromatic heterocycles. The predicted octanol–water partition coefficient (Wildman–Crippen LogP) is 3.10. The summed E-state index contributed by atoms with van der Waals surface area (Å²) in [6.45, 7) is -0.215. The van der Waals surface area contributed by atoms with Crippen LogP contribution in [0.15, 0.2) is 58.6 Å². The summed E-state index contributed by atoms with van der Waals surface area (Å²) in [5, 5.41) is 15.1. The minimum absolute atomic E-state index is 0.00887. The Kier molecular flexibility index (Phi) is 8.63. The molecule has 0 unspecified atom stereocenters. The third-order valence-corrected chi connectivity index (χ3v) is 5.14. The van der Waals surface area contributed by atoms with Gasteiger partial charge in [-0.25, -0.2) is 9.38 Å². The van der Waals surface area contributed by atoms with Crippen LogP contribution in [0.4, 0.5) is 4.39 Å². The number of aliphatic hydroxyl groups is 1. The van der Waals surface area contributed by atoms with Gasteiger partial charge in [0.25, 0.3) is 5.91 Å². The number of amides is 1. The van der Waals surface area contributed by atoms with E-state index in [9.17, 15) is 9.18 Å². The van der Waals surface area contributed by atoms with Crippen molar-refractivity contribution in [2.75, 3.05) is 33.0 Å². The SMILES string of the molecule is [N-]=[N+]=NCc1ccccc1C[C@]1(C(=O)NCCF)COC(c2ccc(OCCCO)cc2)=N1. The maximum atomic E-state index is 13.0. The van der Waals surface area contributed by atoms with Crippen LogP contribution in [0.25, 0.3) is 10.4 Å². The monoisotopic (exact) mass is 455 g/mol. The molecule has 1 amide bonds. The summed E-state index contributed by atoms with van der Waals surface area (Å²) in [5.41, 5.74) is 9.64. The highest BCUT2D eigenvalue weighted by molar-refractivity contribution is 6.00. The fourth-order valence-corrected chi connectivity index (χ4v) is 3.46. The molecule has 2 aromatic rings. The Bertz CT molecular complexity index is 1020. The number of azide groups is 1. The van der Waals surface area contributed by atoms with E-state index >= 15 is 0 Å². The van der Waals surface area contributed by atoms with Crippen molar-refractivity contribution in [2.45, 2.75) is 24.9 Å². The van der Waals surface area contributed by atoms with Crippen LogP contribution >= 0.6 is 0 Å². The molecule has 1 aliphatic rings. The smallest absolute Gasteiger partial charge is 0.252 e. The summed E-state index contributed by atoms with van der Waals surface area (Å²) in [5.74, 6) is 0.516. The normalized spacial score (nSPS) is 17.0. The topological polar surface area (TPSA) is 129 Å². The van der Waals surface area contributed by atoms with Gasteiger partial charge in [0.1, 0.15) is 19.0 Å². The number of carbonyl (C=O) groups is 1. The lowest BCUT2D eigenvalue weighted by atomic mass is 9.89. The van der Waals surface area contributed by atoms with Crippen LogP contribution in [0, 0.1) is 0 Å². The van der Waals surface area contributed by atoms with E-state index in [0.29, 0.717) is 30.2 Å². The first-order chi connectivity index (χ1) is 16.1. The average molecular weight is 455 g/mol. The first-order valence-corrected chi connectivity index (χ1v) is 10.6. The number of aliphatic hydroxyl groups excluding tert-OH is 1. The molecule has 3 rings (SSSR count). The largest absolute Gasteiger partial charge is 0.494 e. The van der Waals surface area contributed by atoms with Crippen molar-refractivity contribution in [3.63, 3.8) is 0 Å². The van der Waals surface area contributed by atoms with Gasteiger partial charge in [0.15, 0.2) is 5.54 Å². The highest BCUT2D eigenvalue weighted by atomic mass is 19.1. The van der Waals surface area contributed by atoms with E-state index in [0.717, 1.165) is 11.1 Å². The summed E-state index contributed by atoms with van der Waals surface area (Å²) in [6.07, 6.45) is 0.739. The number of aliphatic imine (C=N–C) groups is 1. The van der Waals surface area contributed by atoms with Crippen LogP contribution in [0.1, 0.15) is 23.1 Å². The maximum absolute atomic E-state index is 13.0. The summed E-state index contributed by atoms with van der Waals surface area (Å²) in [7, 11) is 0. The Balaban J connectivity index is 1.87. The molecule has 0 bridgehead atoms. The zero-order valence-corrected chi connectivity index (χ0v) is 18.1. The number of alkyl halides is 1. The number of nitrogens with zero attached hydrogens (tertiary/aromatic N) is 4. The van der Waals surface area contributed by atoms with Gasteiger partial charge in [-0.1, -0.05) is 29.4 Å². The molecule has 1 atom stereocenters. The van der Waals surface area contributed by atoms with Crippen molar-refractivity contribution >= 4 is 11.8 Å². The van der Waals surface area contributed by atoms with Crippen LogP contribution in [-0.2, 0) is 22.5 Å². The van der Waals surface area contributed by atoms with Gasteiger partial charge in [0, 0.05) is 36.5 Å². The van der Waals surface area contributed by atoms with Crippen molar-refractivity contribution in [2.24, 2.45) is 10.1 Å². The molecule has 1 aliphatic heterocycles. The van der Waals surface area contributed by atoms with E-state index in [2.05, 4.69) is 20.3 Å². The summed E-state index contributed by atoms with van der Waals surface area (Å²) in [6, 6.07) is 14.4. The van der Waals surface area contributed by atoms with Gasteiger partial charge >= 0.3 is 0 Å². The van der Waals surface area contributed by atoms with Gasteiger partial charge in [-0.2, -0.15) is 0 Å². The number of hydrogen-bond donors (Lipinski definition) is 2. The standard InChI is InChI=1S/C23H26FN5O4/c24-10-11-26-22(31)23(14-18-4-1-2-5-19(18)15-27-29-25)16-33-21(28-23)17-6-8-20(9-7-17)32-13-3-12-30/h1-2,4-9,30H,3,10-16H2,(H,26,31)/t23-/m1/s1. The first-order valence-electron chi connectivity index (χ1n) is 10.6. The highest BCUT2D eigenvalue weighted by Crippen LogP contribution is 2.29. The van der Waals surface area contributed by atoms with E-state index in [1.807, 2.05) is 24.3 Å². The van der Waals surface area contributed by atoms with Crippen LogP contribution in [0.3, 0.4) is 0 Å². The molecule has 0 fully saturated rings. The fourth-order valence-electron chi connectivity index (χ4n) is 3.46. The van der Waals surface area contributed by atoms with E-state index in [1.54, 1.807) is 24.3 Å². The molecule has 0 saturated heterocycles. The van der Waals surface area contributed by atoms with Crippen LogP contribution < -0.4 is 10.1 Å². The van der Waals surface area contributed by atoms with Gasteiger partial charge in [0.05, 0.1) is 13.2 Å². The summed E-state index contributed by atoms with van der Waals surface area (Å²) >= 11 is 0. The lowest BCUT2D eigenvalue weighted by Gasteiger charge is -2.24. The molecule has 2 N–H and O–H groups in total. The lowest BCUT2D eigenvalue weighted by molar-refractivity contribution is -0.126. The Labute approximate surface area is 190 Å². The third-order valence-electron chi connectivity index (χ3n) is 5.14. The van der Waals surface area contributed by atoms with Gasteiger partial charge in [-0.05, 0) is 40.9 Å². The molecule has 0 aliphatic carbocycles. The van der Waals surface area contributed by atoms with Gasteiger partial charge in [-0.15, -0.1) is 0 Å². The molecule has 0 radical (unpaired) electrons. The Morgan fingerprint density at radius 2 is 2.03 bits per heavy atom. The quantitative estimate of drug-likeness (QED) is 0.220. The third kappa shape index (κ3) is 6.21. The Morgan fingerprint density at radius 1 is 1.27 bits per heavy atom. The van der Waals surface area contributed by atoms with Crippen LogP contribution in [-0.4, -0.2) is 55.5 Å². The number of carbonyl (C=O) groups excluding carboxylic acids is 1. The summed E-state index contributed by atoms with van der Waals surface area (Å²) < 4.78 is 24.1. The molecule has 174 valence electrons. The number of nitrogens with one attached hydrogen (secondary N) is 1. The lowest BCUT2D eigenvalue weighted by Crippen LogP contribution is -2.49. The van der Waals surface area contributed by atoms with Crippen molar-refractivity contribution in [3.8, 4) is 5.75 Å². The minimum atomic E-state index is -1.28. The second-order valence-corrected chi connectivity index (χ2v) is 7.47. The molecule has 0 saturated carbocycles. The molecule has 9 nitrogen and oxygen atoms in total. The number of rotatable bonds is 12. The summed E-state index contributed by atoms with van der Waals surface area (Å²) in [4.78, 5) is 20.5. The van der Waals surface area contributed by atoms with Crippen molar-refractivity contribution in [3.05, 3.63) is 75.7 Å². The van der Waals surface area contributed by atoms with Crippen molar-refractivity contribution in [1.29, 1.82) is 0 Å². The molecule has 33 heavy (non-hydrogen) atoms. The van der Waals surface area contributed by atoms with Gasteiger partial charge in [-0.3, -0.25) is 4.79 Å². The van der Waals surface area contributed by atoms with E-state index < -0.39 is 18.1 Å². The second-order valence-electron chi connectivity index (χ2n) is 7.47. The average Bonchev–Trinajstić information content (AvgIpc) is 3.28. The zero-order valence-electron chi connectivity index (χ0n) is 18.1. The second kappa shape index (κ2) is 11.8. The molecule has 0 spiro atoms. The molecular formula is C23H26FN5O4. The first kappa shape index (κ1) is 24.0. The predicted molar refractivity (Wildman–Crippen MR) is 121 cm³/mol. The zero-order chi connectivity index (χ0) is 23.5. The number of benzene rings is 2. The van der Waals surface area contributed by atoms with Crippen molar-refractivity contribution in [1.82, 2.24) is 5.32 Å². The molecule has 10 heteroatoms.